The van der Waals surface area contributed by atoms with Gasteiger partial charge < -0.3 is 14.7 Å². The maximum Gasteiger partial charge on any atom is 0.242 e. The number of rotatable bonds is 4. The third-order valence-corrected chi connectivity index (χ3v) is 6.30. The smallest absolute Gasteiger partial charge is 0.242 e. The molecule has 0 aliphatic carbocycles. The number of anilines is 2. The van der Waals surface area contributed by atoms with Crippen molar-refractivity contribution in [3.05, 3.63) is 59.4 Å². The maximum atomic E-state index is 14.5. The zero-order valence-corrected chi connectivity index (χ0v) is 17.6. The number of benzene rings is 2. The Morgan fingerprint density at radius 2 is 1.77 bits per heavy atom. The van der Waals surface area contributed by atoms with Crippen LogP contribution in [0, 0.1) is 5.82 Å². The minimum absolute atomic E-state index is 0.116. The van der Waals surface area contributed by atoms with E-state index in [1.807, 2.05) is 15.9 Å². The van der Waals surface area contributed by atoms with Crippen LogP contribution in [0.5, 0.6) is 0 Å². The fourth-order valence-electron chi connectivity index (χ4n) is 4.43. The Labute approximate surface area is 177 Å². The first-order chi connectivity index (χ1) is 14.4. The average Bonchev–Trinajstić information content (AvgIpc) is 2.75. The van der Waals surface area contributed by atoms with E-state index in [4.69, 9.17) is 0 Å². The summed E-state index contributed by atoms with van der Waals surface area (Å²) in [5, 5.41) is 0. The molecule has 0 aromatic heterocycles. The zero-order valence-electron chi connectivity index (χ0n) is 17.6. The number of Topliss-reactive ketones (excluding diaryl/α,β-unsaturated/α-hetero) is 1. The van der Waals surface area contributed by atoms with E-state index in [1.54, 1.807) is 12.1 Å². The van der Waals surface area contributed by atoms with Gasteiger partial charge in [0.25, 0.3) is 0 Å². The van der Waals surface area contributed by atoms with E-state index < -0.39 is 0 Å². The lowest BCUT2D eigenvalue weighted by atomic mass is 9.96. The molecule has 0 saturated carbocycles. The van der Waals surface area contributed by atoms with Gasteiger partial charge in [-0.15, -0.1) is 0 Å². The molecule has 1 amide bonds. The summed E-state index contributed by atoms with van der Waals surface area (Å²) in [6.45, 7) is 6.27. The van der Waals surface area contributed by atoms with Gasteiger partial charge in [-0.05, 0) is 56.5 Å². The van der Waals surface area contributed by atoms with E-state index in [0.717, 1.165) is 18.5 Å². The summed E-state index contributed by atoms with van der Waals surface area (Å²) in [4.78, 5) is 30.5. The van der Waals surface area contributed by atoms with Gasteiger partial charge in [-0.25, -0.2) is 4.39 Å². The molecule has 0 radical (unpaired) electrons. The van der Waals surface area contributed by atoms with Gasteiger partial charge in [-0.2, -0.15) is 0 Å². The largest absolute Gasteiger partial charge is 0.366 e. The Bertz CT molecular complexity index is 953. The second-order valence-electron chi connectivity index (χ2n) is 8.23. The molecule has 158 valence electrons. The van der Waals surface area contributed by atoms with Crippen molar-refractivity contribution >= 4 is 23.1 Å². The molecule has 4 rings (SSSR count). The fraction of sp³-hybridized carbons (Fsp3) is 0.417. The van der Waals surface area contributed by atoms with Crippen molar-refractivity contribution in [2.75, 3.05) is 42.5 Å². The number of ketones is 1. The molecule has 30 heavy (non-hydrogen) atoms. The highest BCUT2D eigenvalue weighted by molar-refractivity contribution is 5.94. The number of amides is 1. The van der Waals surface area contributed by atoms with Crippen LogP contribution in [0.4, 0.5) is 15.8 Å². The van der Waals surface area contributed by atoms with Gasteiger partial charge in [0.05, 0.1) is 12.2 Å². The molecule has 1 unspecified atom stereocenters. The molecule has 1 saturated heterocycles. The van der Waals surface area contributed by atoms with E-state index in [2.05, 4.69) is 30.0 Å². The first kappa shape index (κ1) is 20.4. The molecule has 2 aliphatic rings. The topological polar surface area (TPSA) is 43.9 Å². The number of carbonyl (C=O) groups excluding carboxylic acids is 2. The normalized spacial score (nSPS) is 18.9. The highest BCUT2D eigenvalue weighted by atomic mass is 19.1. The maximum absolute atomic E-state index is 14.5. The molecule has 0 N–H and O–H groups in total. The van der Waals surface area contributed by atoms with Crippen LogP contribution in [0.25, 0.3) is 0 Å². The summed E-state index contributed by atoms with van der Waals surface area (Å²) in [7, 11) is 0. The quantitative estimate of drug-likeness (QED) is 0.725. The molecule has 0 spiro atoms. The lowest BCUT2D eigenvalue weighted by Crippen LogP contribution is -2.53. The second kappa shape index (κ2) is 8.46. The highest BCUT2D eigenvalue weighted by Gasteiger charge is 2.28. The minimum atomic E-state index is -0.388. The first-order valence-electron chi connectivity index (χ1n) is 10.6. The van der Waals surface area contributed by atoms with Crippen LogP contribution in [0.3, 0.4) is 0 Å². The van der Waals surface area contributed by atoms with Crippen LogP contribution in [0.1, 0.15) is 36.2 Å². The average molecular weight is 410 g/mol. The number of hydrogen-bond acceptors (Lipinski definition) is 4. The molecule has 1 fully saturated rings. The Morgan fingerprint density at radius 1 is 1.03 bits per heavy atom. The zero-order chi connectivity index (χ0) is 21.3. The molecule has 2 aromatic rings. The Balaban J connectivity index is 1.39. The van der Waals surface area contributed by atoms with Gasteiger partial charge in [0.2, 0.25) is 5.91 Å². The summed E-state index contributed by atoms with van der Waals surface area (Å²) >= 11 is 0. The van der Waals surface area contributed by atoms with Crippen molar-refractivity contribution in [3.63, 3.8) is 0 Å². The van der Waals surface area contributed by atoms with Crippen molar-refractivity contribution in [3.8, 4) is 0 Å². The number of halogens is 1. The summed E-state index contributed by atoms with van der Waals surface area (Å²) in [5.41, 5.74) is 3.33. The Morgan fingerprint density at radius 3 is 2.47 bits per heavy atom. The number of piperazine rings is 1. The van der Waals surface area contributed by atoms with E-state index >= 15 is 0 Å². The Hall–Kier alpha value is -2.89. The van der Waals surface area contributed by atoms with Crippen LogP contribution in [-0.2, 0) is 11.2 Å². The molecule has 2 aliphatic heterocycles. The molecule has 1 atom stereocenters. The molecule has 0 bridgehead atoms. The van der Waals surface area contributed by atoms with Crippen molar-refractivity contribution in [1.82, 2.24) is 4.90 Å². The van der Waals surface area contributed by atoms with Gasteiger partial charge in [0, 0.05) is 43.5 Å². The van der Waals surface area contributed by atoms with Gasteiger partial charge in [0.1, 0.15) is 5.82 Å². The molecule has 6 heteroatoms. The van der Waals surface area contributed by atoms with E-state index in [1.165, 1.54) is 18.6 Å². The fourth-order valence-corrected chi connectivity index (χ4v) is 4.43. The summed E-state index contributed by atoms with van der Waals surface area (Å²) in [6.07, 6.45) is 2.10. The molecule has 5 nitrogen and oxygen atoms in total. The van der Waals surface area contributed by atoms with Crippen LogP contribution in [0.15, 0.2) is 42.5 Å². The van der Waals surface area contributed by atoms with Crippen molar-refractivity contribution in [2.45, 2.75) is 32.7 Å². The number of fused-ring (bicyclic) bond motifs is 1. The summed E-state index contributed by atoms with van der Waals surface area (Å²) < 4.78 is 14.5. The van der Waals surface area contributed by atoms with Crippen molar-refractivity contribution in [2.24, 2.45) is 0 Å². The number of aryl methyl sites for hydroxylation is 1. The summed E-state index contributed by atoms with van der Waals surface area (Å²) in [5.74, 6) is -0.420. The number of hydrogen-bond donors (Lipinski definition) is 0. The van der Waals surface area contributed by atoms with Gasteiger partial charge >= 0.3 is 0 Å². The Kier molecular flexibility index (Phi) is 5.75. The van der Waals surface area contributed by atoms with Crippen molar-refractivity contribution < 1.29 is 14.0 Å². The van der Waals surface area contributed by atoms with Gasteiger partial charge in [0.15, 0.2) is 5.78 Å². The van der Waals surface area contributed by atoms with Gasteiger partial charge in [-0.3, -0.25) is 9.59 Å². The molecule has 2 heterocycles. The highest BCUT2D eigenvalue weighted by Crippen LogP contribution is 2.30. The summed E-state index contributed by atoms with van der Waals surface area (Å²) in [6, 6.07) is 13.3. The van der Waals surface area contributed by atoms with Gasteiger partial charge in [-0.1, -0.05) is 18.2 Å². The van der Waals surface area contributed by atoms with Crippen molar-refractivity contribution in [1.29, 1.82) is 0 Å². The number of nitrogens with zero attached hydrogens (tertiary/aromatic N) is 3. The van der Waals surface area contributed by atoms with E-state index in [0.29, 0.717) is 50.0 Å². The molecule has 2 aromatic carbocycles. The van der Waals surface area contributed by atoms with Crippen LogP contribution >= 0.6 is 0 Å². The predicted octanol–water partition coefficient (Wildman–Crippen LogP) is 3.52. The molecular formula is C24H28FN3O2. The molecular weight excluding hydrogens is 381 g/mol. The monoisotopic (exact) mass is 409 g/mol. The predicted molar refractivity (Wildman–Crippen MR) is 117 cm³/mol. The first-order valence-corrected chi connectivity index (χ1v) is 10.6. The minimum Gasteiger partial charge on any atom is -0.366 e. The van der Waals surface area contributed by atoms with E-state index in [-0.39, 0.29) is 17.5 Å². The van der Waals surface area contributed by atoms with Crippen LogP contribution in [0.2, 0.25) is 0 Å². The third-order valence-electron chi connectivity index (χ3n) is 6.30. The van der Waals surface area contributed by atoms with Crippen LogP contribution < -0.4 is 9.80 Å². The standard InChI is InChI=1S/C24H28FN3O2/c1-17-7-8-19-5-3-4-6-22(19)28(17)16-24(30)27-13-11-26(12-14-27)23-10-9-20(18(2)29)15-21(23)25/h3-6,9-10,15,17H,7-8,11-14,16H2,1-2H3. The lowest BCUT2D eigenvalue weighted by Gasteiger charge is -2.40. The van der Waals surface area contributed by atoms with E-state index in [9.17, 15) is 14.0 Å². The second-order valence-corrected chi connectivity index (χ2v) is 8.23. The number of para-hydroxylation sites is 1. The SMILES string of the molecule is CC(=O)c1ccc(N2CCN(C(=O)CN3c4ccccc4CCC3C)CC2)c(F)c1. The number of carbonyl (C=O) groups is 2. The third kappa shape index (κ3) is 4.04. The van der Waals surface area contributed by atoms with Crippen LogP contribution in [-0.4, -0.2) is 55.4 Å². The lowest BCUT2D eigenvalue weighted by molar-refractivity contribution is -0.130.